The molecule has 1 aliphatic heterocycles. The van der Waals surface area contributed by atoms with Gasteiger partial charge in [-0.15, -0.1) is 0 Å². The first-order valence-electron chi connectivity index (χ1n) is 4.95. The Labute approximate surface area is 106 Å². The van der Waals surface area contributed by atoms with Gasteiger partial charge in [-0.25, -0.2) is 0 Å². The van der Waals surface area contributed by atoms with Gasteiger partial charge in [0.1, 0.15) is 0 Å². The molecule has 2 nitrogen and oxygen atoms in total. The summed E-state index contributed by atoms with van der Waals surface area (Å²) >= 11 is 0. The fourth-order valence-electron chi connectivity index (χ4n) is 1.48. The molecule has 0 spiro atoms. The zero-order chi connectivity index (χ0) is 8.81. The van der Waals surface area contributed by atoms with Crippen LogP contribution in [0.15, 0.2) is 12.4 Å². The van der Waals surface area contributed by atoms with Crippen LogP contribution in [0.5, 0.6) is 0 Å². The molecule has 1 atom stereocenters. The van der Waals surface area contributed by atoms with E-state index in [9.17, 15) is 0 Å². The molecular formula is C10H23N2PW. The normalized spacial score (nSPS) is 13.9. The van der Waals surface area contributed by atoms with E-state index in [4.69, 9.17) is 0 Å². The van der Waals surface area contributed by atoms with Crippen LogP contribution in [0.1, 0.15) is 32.6 Å². The Morgan fingerprint density at radius 2 is 1.86 bits per heavy atom. The Kier molecular flexibility index (Phi) is 12.0. The van der Waals surface area contributed by atoms with Gasteiger partial charge in [0.15, 0.2) is 0 Å². The van der Waals surface area contributed by atoms with Crippen molar-refractivity contribution in [1.29, 1.82) is 0 Å². The average molecular weight is 386 g/mol. The molecule has 4 heteroatoms. The first-order chi connectivity index (χ1) is 5.83. The topological polar surface area (TPSA) is 6.48 Å². The third-order valence-corrected chi connectivity index (χ3v) is 2.24. The minimum absolute atomic E-state index is 0. The van der Waals surface area contributed by atoms with E-state index in [0.29, 0.717) is 0 Å². The molecule has 0 saturated carbocycles. The van der Waals surface area contributed by atoms with Gasteiger partial charge in [-0.3, -0.25) is 0 Å². The molecule has 0 fully saturated rings. The summed E-state index contributed by atoms with van der Waals surface area (Å²) in [5.74, 6) is 0. The number of unbranched alkanes of at least 4 members (excludes halogenated alkanes) is 3. The van der Waals surface area contributed by atoms with E-state index in [1.807, 2.05) is 0 Å². The monoisotopic (exact) mass is 386 g/mol. The van der Waals surface area contributed by atoms with Crippen LogP contribution in [0, 0.1) is 0 Å². The summed E-state index contributed by atoms with van der Waals surface area (Å²) in [5, 5.41) is 0. The Morgan fingerprint density at radius 3 is 2.36 bits per heavy atom. The van der Waals surface area contributed by atoms with Crippen LogP contribution in [0.25, 0.3) is 0 Å². The summed E-state index contributed by atoms with van der Waals surface area (Å²) in [4.78, 5) is 4.58. The number of rotatable bonds is 5. The summed E-state index contributed by atoms with van der Waals surface area (Å²) in [6, 6.07) is 0. The maximum Gasteiger partial charge on any atom is 0.0890 e. The van der Waals surface area contributed by atoms with Crippen molar-refractivity contribution in [3.05, 3.63) is 12.4 Å². The van der Waals surface area contributed by atoms with E-state index in [-0.39, 0.29) is 31.0 Å². The molecule has 1 aliphatic rings. The van der Waals surface area contributed by atoms with Crippen LogP contribution in [0.3, 0.4) is 0 Å². The van der Waals surface area contributed by atoms with Crippen molar-refractivity contribution in [3.8, 4) is 0 Å². The van der Waals surface area contributed by atoms with Crippen LogP contribution < -0.4 is 0 Å². The van der Waals surface area contributed by atoms with E-state index in [0.717, 1.165) is 6.67 Å². The van der Waals surface area contributed by atoms with E-state index >= 15 is 0 Å². The van der Waals surface area contributed by atoms with Gasteiger partial charge >= 0.3 is 0 Å². The fraction of sp³-hybridized carbons (Fsp3) is 0.800. The van der Waals surface area contributed by atoms with E-state index < -0.39 is 0 Å². The Bertz CT molecular complexity index is 153. The van der Waals surface area contributed by atoms with E-state index in [1.54, 1.807) is 0 Å². The summed E-state index contributed by atoms with van der Waals surface area (Å²) < 4.78 is 0. The summed E-state index contributed by atoms with van der Waals surface area (Å²) in [6.45, 7) is 4.55. The third-order valence-electron chi connectivity index (χ3n) is 2.24. The Hall–Kier alpha value is 0.458. The van der Waals surface area contributed by atoms with Gasteiger partial charge in [0, 0.05) is 47.1 Å². The molecule has 0 N–H and O–H groups in total. The maximum atomic E-state index is 2.37. The first kappa shape index (κ1) is 16.9. The molecule has 1 unspecified atom stereocenters. The van der Waals surface area contributed by atoms with Crippen LogP contribution >= 0.6 is 9.90 Å². The largest absolute Gasteiger partial charge is 0.362 e. The van der Waals surface area contributed by atoms with E-state index in [1.165, 1.54) is 32.2 Å². The average Bonchev–Trinajstić information content (AvgIpc) is 2.45. The Balaban J connectivity index is 0. The maximum absolute atomic E-state index is 2.37. The number of hydrogen-bond acceptors (Lipinski definition) is 2. The zero-order valence-electron chi connectivity index (χ0n) is 9.41. The summed E-state index contributed by atoms with van der Waals surface area (Å²) in [6.07, 6.45) is 9.76. The molecule has 0 amide bonds. The molecule has 0 aliphatic carbocycles. The van der Waals surface area contributed by atoms with Crippen LogP contribution in [0.2, 0.25) is 0 Å². The molecule has 0 aromatic rings. The van der Waals surface area contributed by atoms with Crippen molar-refractivity contribution in [1.82, 2.24) is 9.80 Å². The molecule has 1 heterocycles. The molecule has 84 valence electrons. The van der Waals surface area contributed by atoms with Crippen molar-refractivity contribution < 1.29 is 21.1 Å². The zero-order valence-corrected chi connectivity index (χ0v) is 13.8. The molecule has 0 saturated heterocycles. The quantitative estimate of drug-likeness (QED) is 0.529. The second-order valence-electron chi connectivity index (χ2n) is 3.57. The second kappa shape index (κ2) is 9.99. The molecule has 0 radical (unpaired) electrons. The van der Waals surface area contributed by atoms with Crippen LogP contribution in [-0.2, 0) is 21.1 Å². The first-order valence-corrected chi connectivity index (χ1v) is 4.95. The minimum Gasteiger partial charge on any atom is -0.362 e. The Morgan fingerprint density at radius 1 is 1.14 bits per heavy atom. The van der Waals surface area contributed by atoms with Gasteiger partial charge < -0.3 is 9.80 Å². The predicted octanol–water partition coefficient (Wildman–Crippen LogP) is 2.30. The van der Waals surface area contributed by atoms with Crippen molar-refractivity contribution >= 4 is 9.90 Å². The molecule has 0 aromatic heterocycles. The van der Waals surface area contributed by atoms with Gasteiger partial charge in [-0.05, 0) is 6.42 Å². The smallest absolute Gasteiger partial charge is 0.0890 e. The minimum atomic E-state index is 0. The van der Waals surface area contributed by atoms with Gasteiger partial charge in [0.25, 0.3) is 0 Å². The molecule has 14 heavy (non-hydrogen) atoms. The van der Waals surface area contributed by atoms with Crippen molar-refractivity contribution in [2.24, 2.45) is 0 Å². The molecular weight excluding hydrogens is 363 g/mol. The van der Waals surface area contributed by atoms with Crippen molar-refractivity contribution in [3.63, 3.8) is 0 Å². The van der Waals surface area contributed by atoms with Gasteiger partial charge in [0.05, 0.1) is 6.67 Å². The standard InChI is InChI=1S/C10H20N2.H3P.W/c1-3-4-5-6-7-12-9-8-11(2)10-12;;/h8-9H,3-7,10H2,1-2H3;1H3;. The predicted molar refractivity (Wildman–Crippen MR) is 63.7 cm³/mol. The molecule has 0 bridgehead atoms. The third kappa shape index (κ3) is 6.85. The summed E-state index contributed by atoms with van der Waals surface area (Å²) in [7, 11) is 2.11. The second-order valence-corrected chi connectivity index (χ2v) is 3.57. The number of nitrogens with zero attached hydrogens (tertiary/aromatic N) is 2. The van der Waals surface area contributed by atoms with Crippen LogP contribution in [-0.4, -0.2) is 30.1 Å². The van der Waals surface area contributed by atoms with Gasteiger partial charge in [0.2, 0.25) is 0 Å². The van der Waals surface area contributed by atoms with Crippen molar-refractivity contribution in [2.75, 3.05) is 20.3 Å². The molecule has 0 aromatic carbocycles. The van der Waals surface area contributed by atoms with Crippen LogP contribution in [0.4, 0.5) is 0 Å². The van der Waals surface area contributed by atoms with E-state index in [2.05, 4.69) is 36.2 Å². The fourth-order valence-corrected chi connectivity index (χ4v) is 1.48. The van der Waals surface area contributed by atoms with Gasteiger partial charge in [-0.1, -0.05) is 26.2 Å². The van der Waals surface area contributed by atoms with Crippen molar-refractivity contribution in [2.45, 2.75) is 32.6 Å². The molecule has 1 rings (SSSR count). The number of hydrogen-bond donors (Lipinski definition) is 0. The SMILES string of the molecule is CCCCCCN1C=CN(C)C1.P.[W]. The van der Waals surface area contributed by atoms with Gasteiger partial charge in [-0.2, -0.15) is 9.90 Å². The summed E-state index contributed by atoms with van der Waals surface area (Å²) in [5.41, 5.74) is 0.